The van der Waals surface area contributed by atoms with E-state index in [4.69, 9.17) is 16.1 Å². The molecule has 5 nitrogen and oxygen atoms in total. The quantitative estimate of drug-likeness (QED) is 0.342. The van der Waals surface area contributed by atoms with Crippen LogP contribution in [0.3, 0.4) is 0 Å². The number of rotatable bonds is 7. The highest BCUT2D eigenvalue weighted by Gasteiger charge is 2.23. The van der Waals surface area contributed by atoms with Crippen molar-refractivity contribution in [1.82, 2.24) is 15.0 Å². The molecule has 1 aromatic heterocycles. The Labute approximate surface area is 192 Å². The van der Waals surface area contributed by atoms with Gasteiger partial charge in [-0.05, 0) is 43.7 Å². The lowest BCUT2D eigenvalue weighted by atomic mass is 10.0. The molecule has 1 amide bonds. The molecule has 4 rings (SSSR count). The van der Waals surface area contributed by atoms with Gasteiger partial charge in [-0.25, -0.2) is 0 Å². The number of carbonyl (C=O) groups excluding carboxylic acids is 1. The Morgan fingerprint density at radius 3 is 2.50 bits per heavy atom. The van der Waals surface area contributed by atoms with Crippen molar-refractivity contribution in [3.63, 3.8) is 0 Å². The lowest BCUT2D eigenvalue weighted by molar-refractivity contribution is 0.0689. The smallest absolute Gasteiger partial charge is 0.254 e. The van der Waals surface area contributed by atoms with Gasteiger partial charge in [0.05, 0.1) is 6.04 Å². The topological polar surface area (TPSA) is 59.2 Å². The largest absolute Gasteiger partial charge is 0.339 e. The molecule has 0 fully saturated rings. The molecular formula is C26H24ClN3O2. The third-order valence-corrected chi connectivity index (χ3v) is 5.66. The molecule has 0 bridgehead atoms. The van der Waals surface area contributed by atoms with E-state index in [0.717, 1.165) is 16.7 Å². The number of aromatic nitrogens is 2. The third kappa shape index (κ3) is 5.06. The van der Waals surface area contributed by atoms with E-state index in [2.05, 4.69) is 10.1 Å². The van der Waals surface area contributed by atoms with Crippen LogP contribution in [-0.2, 0) is 6.42 Å². The summed E-state index contributed by atoms with van der Waals surface area (Å²) in [5, 5.41) is 4.68. The molecule has 4 aromatic rings. The fourth-order valence-corrected chi connectivity index (χ4v) is 3.75. The van der Waals surface area contributed by atoms with Gasteiger partial charge in [0.25, 0.3) is 5.91 Å². The number of hydrogen-bond donors (Lipinski definition) is 0. The molecule has 0 spiro atoms. The molecule has 0 radical (unpaired) electrons. The molecular weight excluding hydrogens is 422 g/mol. The maximum Gasteiger partial charge on any atom is 0.254 e. The summed E-state index contributed by atoms with van der Waals surface area (Å²) in [6, 6.07) is 24.8. The van der Waals surface area contributed by atoms with Crippen molar-refractivity contribution < 1.29 is 9.32 Å². The Hall–Kier alpha value is -3.44. The van der Waals surface area contributed by atoms with Gasteiger partial charge >= 0.3 is 0 Å². The summed E-state index contributed by atoms with van der Waals surface area (Å²) >= 11 is 6.07. The van der Waals surface area contributed by atoms with Crippen LogP contribution in [-0.4, -0.2) is 27.5 Å². The van der Waals surface area contributed by atoms with Crippen LogP contribution in [0.4, 0.5) is 0 Å². The standard InChI is InChI=1S/C26H24ClN3O2/c1-18-11-13-21(14-12-18)26(31)30(19(2)20-7-4-3-5-8-20)16-15-24-28-25(29-32-24)22-9-6-10-23(27)17-22/h3-14,17,19H,15-16H2,1-2H3/t19-/m1/s1. The van der Waals surface area contributed by atoms with E-state index in [-0.39, 0.29) is 11.9 Å². The average Bonchev–Trinajstić information content (AvgIpc) is 3.29. The fourth-order valence-electron chi connectivity index (χ4n) is 3.56. The van der Waals surface area contributed by atoms with Gasteiger partial charge in [-0.1, -0.05) is 76.9 Å². The first kappa shape index (κ1) is 21.8. The number of amides is 1. The van der Waals surface area contributed by atoms with E-state index < -0.39 is 0 Å². The summed E-state index contributed by atoms with van der Waals surface area (Å²) in [4.78, 5) is 19.7. The molecule has 32 heavy (non-hydrogen) atoms. The average molecular weight is 446 g/mol. The second kappa shape index (κ2) is 9.79. The van der Waals surface area contributed by atoms with Gasteiger partial charge in [-0.15, -0.1) is 0 Å². The van der Waals surface area contributed by atoms with Crippen LogP contribution in [0, 0.1) is 6.92 Å². The number of halogens is 1. The van der Waals surface area contributed by atoms with E-state index in [0.29, 0.717) is 35.3 Å². The van der Waals surface area contributed by atoms with Crippen molar-refractivity contribution in [3.05, 3.63) is 106 Å². The van der Waals surface area contributed by atoms with Crippen LogP contribution in [0.15, 0.2) is 83.4 Å². The van der Waals surface area contributed by atoms with Crippen LogP contribution >= 0.6 is 11.6 Å². The minimum atomic E-state index is -0.111. The highest BCUT2D eigenvalue weighted by atomic mass is 35.5. The van der Waals surface area contributed by atoms with Gasteiger partial charge in [0.1, 0.15) is 0 Å². The van der Waals surface area contributed by atoms with Crippen molar-refractivity contribution in [2.24, 2.45) is 0 Å². The number of aryl methyl sites for hydroxylation is 1. The van der Waals surface area contributed by atoms with Gasteiger partial charge < -0.3 is 9.42 Å². The van der Waals surface area contributed by atoms with E-state index >= 15 is 0 Å². The van der Waals surface area contributed by atoms with Gasteiger partial charge in [-0.2, -0.15) is 4.98 Å². The second-order valence-electron chi connectivity index (χ2n) is 7.72. The molecule has 0 saturated heterocycles. The third-order valence-electron chi connectivity index (χ3n) is 5.43. The molecule has 1 heterocycles. The number of benzene rings is 3. The Balaban J connectivity index is 1.55. The Morgan fingerprint density at radius 1 is 1.03 bits per heavy atom. The first-order valence-electron chi connectivity index (χ1n) is 10.5. The molecule has 6 heteroatoms. The van der Waals surface area contributed by atoms with Crippen molar-refractivity contribution in [2.45, 2.75) is 26.3 Å². The summed E-state index contributed by atoms with van der Waals surface area (Å²) in [6.07, 6.45) is 0.447. The first-order chi connectivity index (χ1) is 15.5. The van der Waals surface area contributed by atoms with Gasteiger partial charge in [0, 0.05) is 29.1 Å². The van der Waals surface area contributed by atoms with E-state index in [1.807, 2.05) is 85.5 Å². The highest BCUT2D eigenvalue weighted by Crippen LogP contribution is 2.24. The fraction of sp³-hybridized carbons (Fsp3) is 0.192. The molecule has 0 aliphatic rings. The Kier molecular flexibility index (Phi) is 6.66. The summed E-state index contributed by atoms with van der Waals surface area (Å²) in [5.41, 5.74) is 3.63. The van der Waals surface area contributed by atoms with Gasteiger partial charge in [-0.3, -0.25) is 4.79 Å². The summed E-state index contributed by atoms with van der Waals surface area (Å²) < 4.78 is 5.45. The monoisotopic (exact) mass is 445 g/mol. The number of nitrogens with zero attached hydrogens (tertiary/aromatic N) is 3. The second-order valence-corrected chi connectivity index (χ2v) is 8.16. The van der Waals surface area contributed by atoms with Crippen LogP contribution in [0.25, 0.3) is 11.4 Å². The van der Waals surface area contributed by atoms with Crippen LogP contribution in [0.5, 0.6) is 0 Å². The van der Waals surface area contributed by atoms with Crippen LogP contribution in [0.1, 0.15) is 40.3 Å². The number of hydrogen-bond acceptors (Lipinski definition) is 4. The molecule has 0 N–H and O–H groups in total. The molecule has 0 aliphatic carbocycles. The van der Waals surface area contributed by atoms with E-state index in [1.54, 1.807) is 12.1 Å². The van der Waals surface area contributed by atoms with E-state index in [9.17, 15) is 4.79 Å². The van der Waals surface area contributed by atoms with Crippen LogP contribution < -0.4 is 0 Å². The molecule has 0 saturated carbocycles. The maximum atomic E-state index is 13.4. The lowest BCUT2D eigenvalue weighted by Gasteiger charge is -2.29. The van der Waals surface area contributed by atoms with Gasteiger partial charge in [0.2, 0.25) is 11.7 Å². The number of carbonyl (C=O) groups is 1. The van der Waals surface area contributed by atoms with Crippen molar-refractivity contribution in [1.29, 1.82) is 0 Å². The molecule has 0 aliphatic heterocycles. The normalized spacial score (nSPS) is 11.8. The van der Waals surface area contributed by atoms with Crippen molar-refractivity contribution in [3.8, 4) is 11.4 Å². The Morgan fingerprint density at radius 2 is 1.78 bits per heavy atom. The summed E-state index contributed by atoms with van der Waals surface area (Å²) in [7, 11) is 0. The molecule has 3 aromatic carbocycles. The first-order valence-corrected chi connectivity index (χ1v) is 10.9. The Bertz CT molecular complexity index is 1190. The minimum absolute atomic E-state index is 0.0315. The van der Waals surface area contributed by atoms with E-state index in [1.165, 1.54) is 0 Å². The lowest BCUT2D eigenvalue weighted by Crippen LogP contribution is -2.35. The zero-order valence-electron chi connectivity index (χ0n) is 18.0. The molecule has 0 unspecified atom stereocenters. The highest BCUT2D eigenvalue weighted by molar-refractivity contribution is 6.30. The zero-order chi connectivity index (χ0) is 22.5. The maximum absolute atomic E-state index is 13.4. The van der Waals surface area contributed by atoms with Crippen LogP contribution in [0.2, 0.25) is 5.02 Å². The SMILES string of the molecule is Cc1ccc(C(=O)N(CCc2nc(-c3cccc(Cl)c3)no2)[C@H](C)c2ccccc2)cc1. The predicted molar refractivity (Wildman–Crippen MR) is 126 cm³/mol. The zero-order valence-corrected chi connectivity index (χ0v) is 18.8. The summed E-state index contributed by atoms with van der Waals surface area (Å²) in [6.45, 7) is 4.48. The predicted octanol–water partition coefficient (Wildman–Crippen LogP) is 6.14. The minimum Gasteiger partial charge on any atom is -0.339 e. The van der Waals surface area contributed by atoms with Crippen molar-refractivity contribution in [2.75, 3.05) is 6.54 Å². The molecule has 1 atom stereocenters. The molecule has 162 valence electrons. The summed E-state index contributed by atoms with van der Waals surface area (Å²) in [5.74, 6) is 0.924. The van der Waals surface area contributed by atoms with Crippen molar-refractivity contribution >= 4 is 17.5 Å². The van der Waals surface area contributed by atoms with Gasteiger partial charge in [0.15, 0.2) is 0 Å².